The van der Waals surface area contributed by atoms with Crippen molar-refractivity contribution in [2.45, 2.75) is 122 Å². The summed E-state index contributed by atoms with van der Waals surface area (Å²) in [6.07, 6.45) is -8.44. The maximum absolute atomic E-state index is 14.2. The van der Waals surface area contributed by atoms with Crippen molar-refractivity contribution in [2.75, 3.05) is 13.7 Å². The third-order valence-corrected chi connectivity index (χ3v) is 11.2. The van der Waals surface area contributed by atoms with Crippen LogP contribution in [0, 0.1) is 5.92 Å². The molecule has 1 heterocycles. The van der Waals surface area contributed by atoms with Crippen LogP contribution in [-0.2, 0) is 46.3 Å². The number of ketones is 3. The summed E-state index contributed by atoms with van der Waals surface area (Å²) in [5.41, 5.74) is -4.72. The maximum Gasteiger partial charge on any atom is 0.408 e. The van der Waals surface area contributed by atoms with Gasteiger partial charge in [-0.1, -0.05) is 56.3 Å². The molecule has 2 aliphatic carbocycles. The Balaban J connectivity index is 1.31. The van der Waals surface area contributed by atoms with Crippen LogP contribution in [-0.4, -0.2) is 111 Å². The predicted molar refractivity (Wildman–Crippen MR) is 224 cm³/mol. The Kier molecular flexibility index (Phi) is 14.0. The van der Waals surface area contributed by atoms with E-state index >= 15 is 0 Å². The summed E-state index contributed by atoms with van der Waals surface area (Å²) < 4.78 is 33.7. The van der Waals surface area contributed by atoms with E-state index in [1.807, 2.05) is 0 Å². The SMILES string of the molecule is COc1cccc2c1C(=O)c1c(O)c3c(c(O)c1C2=O)C[C@@](O)(C(=O)COC(=O)[C@H](CC(C)C)NC(=O)OCc1ccccc1)C[C@@H]3OC1C[C@@H](NC(=O)OC(C)(C)C)[C@@H](O)[C@H](C)O1. The van der Waals surface area contributed by atoms with Crippen LogP contribution in [0.25, 0.3) is 0 Å². The van der Waals surface area contributed by atoms with E-state index < -0.39 is 125 Å². The van der Waals surface area contributed by atoms with Gasteiger partial charge >= 0.3 is 18.2 Å². The van der Waals surface area contributed by atoms with Gasteiger partial charge in [0.15, 0.2) is 18.7 Å². The summed E-state index contributed by atoms with van der Waals surface area (Å²) in [5, 5.41) is 52.2. The number of aromatic hydroxyl groups is 2. The van der Waals surface area contributed by atoms with Crippen LogP contribution in [0.4, 0.5) is 9.59 Å². The molecule has 0 saturated carbocycles. The molecule has 344 valence electrons. The average Bonchev–Trinajstić information content (AvgIpc) is 3.22. The zero-order valence-corrected chi connectivity index (χ0v) is 36.6. The van der Waals surface area contributed by atoms with Crippen LogP contribution in [0.5, 0.6) is 17.2 Å². The Morgan fingerprint density at radius 3 is 2.27 bits per heavy atom. The van der Waals surface area contributed by atoms with E-state index in [4.69, 9.17) is 28.4 Å². The Bertz CT molecular complexity index is 2310. The van der Waals surface area contributed by atoms with E-state index in [1.54, 1.807) is 65.0 Å². The summed E-state index contributed by atoms with van der Waals surface area (Å²) in [4.78, 5) is 81.2. The van der Waals surface area contributed by atoms with Crippen LogP contribution in [0.1, 0.15) is 115 Å². The van der Waals surface area contributed by atoms with Gasteiger partial charge in [0.25, 0.3) is 0 Å². The topological polar surface area (TPSA) is 263 Å². The molecule has 0 aromatic heterocycles. The highest BCUT2D eigenvalue weighted by Gasteiger charge is 2.51. The molecule has 1 unspecified atom stereocenters. The molecule has 1 saturated heterocycles. The molecule has 3 aliphatic rings. The molecule has 3 aromatic rings. The number of carbonyl (C=O) groups excluding carboxylic acids is 6. The van der Waals surface area contributed by atoms with Crippen molar-refractivity contribution in [1.82, 2.24) is 10.6 Å². The number of Topliss-reactive ketones (excluding diaryl/α,β-unsaturated/α-hetero) is 1. The van der Waals surface area contributed by atoms with Crippen molar-refractivity contribution in [3.63, 3.8) is 0 Å². The predicted octanol–water partition coefficient (Wildman–Crippen LogP) is 4.46. The molecule has 0 bridgehead atoms. The van der Waals surface area contributed by atoms with Crippen molar-refractivity contribution in [2.24, 2.45) is 5.92 Å². The largest absolute Gasteiger partial charge is 0.507 e. The van der Waals surface area contributed by atoms with Gasteiger partial charge in [0, 0.05) is 36.0 Å². The molecule has 0 radical (unpaired) electrons. The number of alkyl carbamates (subject to hydrolysis) is 2. The number of amides is 2. The first-order valence-corrected chi connectivity index (χ1v) is 20.9. The highest BCUT2D eigenvalue weighted by Crippen LogP contribution is 2.52. The van der Waals surface area contributed by atoms with E-state index in [1.165, 1.54) is 32.2 Å². The van der Waals surface area contributed by atoms with Crippen molar-refractivity contribution in [3.8, 4) is 17.2 Å². The number of benzene rings is 3. The quantitative estimate of drug-likeness (QED) is 0.0615. The number of aliphatic hydroxyl groups is 2. The second-order valence-corrected chi connectivity index (χ2v) is 17.6. The number of methoxy groups -OCH3 is 1. The van der Waals surface area contributed by atoms with Gasteiger partial charge in [-0.05, 0) is 51.7 Å². The number of aliphatic hydroxyl groups excluding tert-OH is 1. The first-order chi connectivity index (χ1) is 30.1. The molecule has 64 heavy (non-hydrogen) atoms. The smallest absolute Gasteiger partial charge is 0.408 e. The highest BCUT2D eigenvalue weighted by atomic mass is 16.7. The maximum atomic E-state index is 14.2. The van der Waals surface area contributed by atoms with Gasteiger partial charge in [-0.25, -0.2) is 14.4 Å². The van der Waals surface area contributed by atoms with Crippen LogP contribution in [0.15, 0.2) is 48.5 Å². The number of hydrogen-bond donors (Lipinski definition) is 6. The Morgan fingerprint density at radius 2 is 1.61 bits per heavy atom. The first-order valence-electron chi connectivity index (χ1n) is 20.9. The lowest BCUT2D eigenvalue weighted by atomic mass is 9.72. The number of phenols is 2. The number of fused-ring (bicyclic) bond motifs is 3. The van der Waals surface area contributed by atoms with Crippen LogP contribution in [0.2, 0.25) is 0 Å². The second-order valence-electron chi connectivity index (χ2n) is 17.6. The number of carbonyl (C=O) groups is 6. The van der Waals surface area contributed by atoms with Gasteiger partial charge in [0.1, 0.15) is 47.2 Å². The minimum Gasteiger partial charge on any atom is -0.507 e. The fourth-order valence-electron chi connectivity index (χ4n) is 8.13. The van der Waals surface area contributed by atoms with Gasteiger partial charge in [0.05, 0.1) is 42.0 Å². The van der Waals surface area contributed by atoms with Crippen LogP contribution in [0.3, 0.4) is 0 Å². The second kappa shape index (κ2) is 18.9. The van der Waals surface area contributed by atoms with E-state index in [0.29, 0.717) is 5.56 Å². The van der Waals surface area contributed by atoms with Gasteiger partial charge < -0.3 is 59.5 Å². The lowest BCUT2D eigenvalue weighted by molar-refractivity contribution is -0.249. The van der Waals surface area contributed by atoms with Gasteiger partial charge in [-0.3, -0.25) is 14.4 Å². The minimum atomic E-state index is -2.53. The molecule has 2 amide bonds. The first kappa shape index (κ1) is 47.4. The monoisotopic (exact) mass is 890 g/mol. The summed E-state index contributed by atoms with van der Waals surface area (Å²) in [7, 11) is 1.29. The van der Waals surface area contributed by atoms with Crippen LogP contribution < -0.4 is 15.4 Å². The minimum absolute atomic E-state index is 0.0296. The summed E-state index contributed by atoms with van der Waals surface area (Å²) in [6, 6.07) is 10.8. The standard InChI is InChI=1S/C46H54N2O16/c1-22(2)16-28(48-43(56)61-20-24-12-9-8-10-13-24)42(55)60-21-31(49)46(58)18-26-34(30(19-46)63-32-17-27(37(50)23(3)62-32)47-44(57)64-45(4,5)6)41(54)36-35(39(26)52)38(51)25-14-11-15-29(59-7)33(25)40(36)53/h8-15,22-23,27-28,30,32,37,50,52,54,58H,16-21H2,1-7H3,(H,47,57)(H,48,56)/t23-,27+,28-,30-,32?,37-,46-/m0/s1. The molecule has 6 N–H and O–H groups in total. The number of phenolic OH excluding ortho intramolecular Hbond substituents is 2. The van der Waals surface area contributed by atoms with Gasteiger partial charge in [0.2, 0.25) is 11.6 Å². The summed E-state index contributed by atoms with van der Waals surface area (Å²) >= 11 is 0. The molecule has 7 atom stereocenters. The van der Waals surface area contributed by atoms with Crippen molar-refractivity contribution in [1.29, 1.82) is 0 Å². The normalized spacial score (nSPS) is 23.2. The fraction of sp³-hybridized carbons (Fsp3) is 0.478. The van der Waals surface area contributed by atoms with Gasteiger partial charge in [-0.15, -0.1) is 0 Å². The van der Waals surface area contributed by atoms with E-state index in [2.05, 4.69) is 10.6 Å². The number of nitrogens with one attached hydrogen (secondary N) is 2. The van der Waals surface area contributed by atoms with E-state index in [-0.39, 0.29) is 53.4 Å². The number of ether oxygens (including phenoxy) is 6. The molecular weight excluding hydrogens is 837 g/mol. The zero-order valence-electron chi connectivity index (χ0n) is 36.6. The Morgan fingerprint density at radius 1 is 0.922 bits per heavy atom. The summed E-state index contributed by atoms with van der Waals surface area (Å²) in [6.45, 7) is 8.97. The molecular formula is C46H54N2O16. The lowest BCUT2D eigenvalue weighted by Gasteiger charge is -2.43. The zero-order chi connectivity index (χ0) is 46.8. The molecule has 6 rings (SSSR count). The molecule has 3 aromatic carbocycles. The Hall–Kier alpha value is -6.08. The lowest BCUT2D eigenvalue weighted by Crippen LogP contribution is -2.56. The molecule has 1 fully saturated rings. The van der Waals surface area contributed by atoms with Crippen molar-refractivity contribution in [3.05, 3.63) is 87.5 Å². The average molecular weight is 891 g/mol. The number of hydrogen-bond acceptors (Lipinski definition) is 16. The van der Waals surface area contributed by atoms with Crippen molar-refractivity contribution >= 4 is 35.5 Å². The molecule has 1 aliphatic heterocycles. The summed E-state index contributed by atoms with van der Waals surface area (Å²) in [5.74, 6) is -5.51. The van der Waals surface area contributed by atoms with E-state index in [0.717, 1.165) is 0 Å². The molecule has 0 spiro atoms. The highest BCUT2D eigenvalue weighted by molar-refractivity contribution is 6.31. The van der Waals surface area contributed by atoms with Crippen molar-refractivity contribution < 1.29 is 77.6 Å². The van der Waals surface area contributed by atoms with Gasteiger partial charge in [-0.2, -0.15) is 0 Å². The molecule has 18 nitrogen and oxygen atoms in total. The molecule has 18 heteroatoms. The third kappa shape index (κ3) is 10.1. The fourth-order valence-corrected chi connectivity index (χ4v) is 8.13. The van der Waals surface area contributed by atoms with E-state index in [9.17, 15) is 49.2 Å². The number of esters is 1. The number of rotatable bonds is 13. The Labute approximate surface area is 369 Å². The third-order valence-electron chi connectivity index (χ3n) is 11.2. The van der Waals surface area contributed by atoms with Crippen LogP contribution >= 0.6 is 0 Å².